The third-order valence-electron chi connectivity index (χ3n) is 6.01. The van der Waals surface area contributed by atoms with Crippen molar-refractivity contribution in [1.29, 1.82) is 0 Å². The Morgan fingerprint density at radius 2 is 1.58 bits per heavy atom. The lowest BCUT2D eigenvalue weighted by atomic mass is 10.2. The molecular formula is C30H30ClF3N6O11S. The molecule has 0 aliphatic carbocycles. The summed E-state index contributed by atoms with van der Waals surface area (Å²) in [6.45, 7) is 2.26. The molecule has 3 aromatic carbocycles. The van der Waals surface area contributed by atoms with Gasteiger partial charge < -0.3 is 28.4 Å². The van der Waals surface area contributed by atoms with Crippen LogP contribution < -0.4 is 33.7 Å². The molecule has 52 heavy (non-hydrogen) atoms. The summed E-state index contributed by atoms with van der Waals surface area (Å²) in [5.74, 6) is -0.0703. The number of urea groups is 1. The Kier molecular flexibility index (Phi) is 14.5. The zero-order chi connectivity index (χ0) is 38.5. The van der Waals surface area contributed by atoms with Crippen molar-refractivity contribution >= 4 is 39.3 Å². The van der Waals surface area contributed by atoms with E-state index in [1.807, 2.05) is 4.72 Å². The number of nitrogens with one attached hydrogen (secondary N) is 2. The Hall–Kier alpha value is -5.67. The van der Waals surface area contributed by atoms with Gasteiger partial charge in [-0.3, -0.25) is 15.4 Å². The molecule has 0 fully saturated rings. The van der Waals surface area contributed by atoms with E-state index in [0.717, 1.165) is 18.2 Å². The molecule has 2 amide bonds. The number of benzene rings is 3. The zero-order valence-corrected chi connectivity index (χ0v) is 29.2. The predicted octanol–water partition coefficient (Wildman–Crippen LogP) is 5.88. The van der Waals surface area contributed by atoms with E-state index >= 15 is 0 Å². The second kappa shape index (κ2) is 18.5. The number of aromatic nitrogens is 3. The topological polar surface area (TPSA) is 212 Å². The number of nitro groups is 1. The molecule has 4 aromatic rings. The Morgan fingerprint density at radius 3 is 2.15 bits per heavy atom. The molecule has 1 heterocycles. The van der Waals surface area contributed by atoms with E-state index in [1.54, 1.807) is 13.0 Å². The van der Waals surface area contributed by atoms with Crippen molar-refractivity contribution in [3.8, 4) is 35.0 Å². The fourth-order valence-electron chi connectivity index (χ4n) is 3.77. The van der Waals surface area contributed by atoms with Crippen LogP contribution in [0.15, 0.2) is 65.6 Å². The van der Waals surface area contributed by atoms with Crippen molar-refractivity contribution < 1.29 is 59.7 Å². The summed E-state index contributed by atoms with van der Waals surface area (Å²) in [6.07, 6.45) is -4.52. The van der Waals surface area contributed by atoms with E-state index in [4.69, 9.17) is 40.0 Å². The van der Waals surface area contributed by atoms with Gasteiger partial charge in [-0.2, -0.15) is 23.1 Å². The first-order valence-electron chi connectivity index (χ1n) is 14.5. The van der Waals surface area contributed by atoms with E-state index in [1.165, 1.54) is 57.7 Å². The van der Waals surface area contributed by atoms with Crippen LogP contribution in [0.5, 0.6) is 35.0 Å². The molecule has 4 rings (SSSR count). The zero-order valence-electron chi connectivity index (χ0n) is 27.6. The molecule has 0 radical (unpaired) electrons. The van der Waals surface area contributed by atoms with Crippen LogP contribution >= 0.6 is 11.6 Å². The second-order valence-electron chi connectivity index (χ2n) is 9.54. The summed E-state index contributed by atoms with van der Waals surface area (Å²) in [6, 6.07) is 10.9. The summed E-state index contributed by atoms with van der Waals surface area (Å²) >= 11 is 5.80. The number of halogens is 4. The molecule has 0 aliphatic heterocycles. The maximum absolute atomic E-state index is 12.6. The lowest BCUT2D eigenvalue weighted by Gasteiger charge is -2.12. The first-order chi connectivity index (χ1) is 24.6. The van der Waals surface area contributed by atoms with Gasteiger partial charge in [0.1, 0.15) is 28.8 Å². The summed E-state index contributed by atoms with van der Waals surface area (Å²) < 4.78 is 95.3. The lowest BCUT2D eigenvalue weighted by molar-refractivity contribution is -0.385. The molecule has 2 N–H and O–H groups in total. The lowest BCUT2D eigenvalue weighted by Crippen LogP contribution is -2.35. The van der Waals surface area contributed by atoms with Gasteiger partial charge in [0.05, 0.1) is 42.9 Å². The van der Waals surface area contributed by atoms with Gasteiger partial charge >= 0.3 is 29.9 Å². The standard InChI is InChI=1S/C15H11ClF3NO4.C15H19N5O7S/c1-2-23-14-8-10(4-5-12(14)20(21)22)24-13-6-3-9(7-11(13)16)15(17,18)19;1-24-8-9-27-10-6-4-5-7-11(10)28(22,23)20-13(21)16-12-17-14(25-2)19-15(18-12)26-3/h3-8H,2H2,1H3;4-7H,8-9H2,1-3H3,(H2,16,17,18,19,20,21). The maximum atomic E-state index is 12.6. The summed E-state index contributed by atoms with van der Waals surface area (Å²) in [7, 11) is -0.133. The minimum absolute atomic E-state index is 0.0111. The molecule has 0 saturated carbocycles. The highest BCUT2D eigenvalue weighted by Crippen LogP contribution is 2.38. The van der Waals surface area contributed by atoms with Crippen molar-refractivity contribution in [2.24, 2.45) is 0 Å². The molecule has 0 aliphatic rings. The summed E-state index contributed by atoms with van der Waals surface area (Å²) in [4.78, 5) is 33.5. The number of carbonyl (C=O) groups excluding carboxylic acids is 1. The van der Waals surface area contributed by atoms with Gasteiger partial charge in [-0.1, -0.05) is 23.7 Å². The van der Waals surface area contributed by atoms with Crippen molar-refractivity contribution in [2.45, 2.75) is 18.0 Å². The number of sulfonamides is 1. The third-order valence-corrected chi connectivity index (χ3v) is 7.68. The van der Waals surface area contributed by atoms with Gasteiger partial charge in [-0.05, 0) is 43.3 Å². The molecular weight excluding hydrogens is 745 g/mol. The van der Waals surface area contributed by atoms with E-state index in [-0.39, 0.29) is 76.4 Å². The smallest absolute Gasteiger partial charge is 0.416 e. The first kappa shape index (κ1) is 40.8. The number of alkyl halides is 3. The van der Waals surface area contributed by atoms with Gasteiger partial charge in [0.15, 0.2) is 0 Å². The van der Waals surface area contributed by atoms with E-state index in [9.17, 15) is 36.5 Å². The van der Waals surface area contributed by atoms with Gasteiger partial charge in [0.2, 0.25) is 11.7 Å². The number of anilines is 1. The van der Waals surface area contributed by atoms with Crippen LogP contribution in [-0.4, -0.2) is 75.5 Å². The Labute approximate surface area is 299 Å². The van der Waals surface area contributed by atoms with Crippen LogP contribution in [-0.2, 0) is 20.9 Å². The van der Waals surface area contributed by atoms with E-state index < -0.39 is 32.7 Å². The Balaban J connectivity index is 0.000000284. The summed E-state index contributed by atoms with van der Waals surface area (Å²) in [5.41, 5.74) is -1.15. The fraction of sp³-hybridized carbons (Fsp3) is 0.267. The van der Waals surface area contributed by atoms with Crippen molar-refractivity contribution in [3.05, 3.63) is 81.4 Å². The number of hydrogen-bond donors (Lipinski definition) is 2. The van der Waals surface area contributed by atoms with Crippen LogP contribution in [0.4, 0.5) is 29.6 Å². The quantitative estimate of drug-likeness (QED) is 0.0870. The van der Waals surface area contributed by atoms with E-state index in [0.29, 0.717) is 0 Å². The molecule has 0 bridgehead atoms. The van der Waals surface area contributed by atoms with Crippen molar-refractivity contribution in [1.82, 2.24) is 19.7 Å². The summed E-state index contributed by atoms with van der Waals surface area (Å²) in [5, 5.41) is 12.9. The molecule has 0 unspecified atom stereocenters. The molecule has 0 saturated heterocycles. The number of para-hydroxylation sites is 1. The molecule has 0 atom stereocenters. The maximum Gasteiger partial charge on any atom is 0.416 e. The highest BCUT2D eigenvalue weighted by atomic mass is 35.5. The predicted molar refractivity (Wildman–Crippen MR) is 177 cm³/mol. The minimum Gasteiger partial charge on any atom is -0.490 e. The number of ether oxygens (including phenoxy) is 6. The minimum atomic E-state index is -4.52. The average Bonchev–Trinajstić information content (AvgIpc) is 3.09. The molecule has 280 valence electrons. The van der Waals surface area contributed by atoms with Crippen LogP contribution in [0, 0.1) is 10.1 Å². The number of nitrogens with zero attached hydrogens (tertiary/aromatic N) is 4. The largest absolute Gasteiger partial charge is 0.490 e. The van der Waals surface area contributed by atoms with Crippen LogP contribution in [0.1, 0.15) is 12.5 Å². The van der Waals surface area contributed by atoms with Gasteiger partial charge in [0.25, 0.3) is 10.0 Å². The number of amides is 2. The second-order valence-corrected chi connectivity index (χ2v) is 11.6. The van der Waals surface area contributed by atoms with E-state index in [2.05, 4.69) is 20.3 Å². The number of nitro benzene ring substituents is 1. The highest BCUT2D eigenvalue weighted by Gasteiger charge is 2.31. The van der Waals surface area contributed by atoms with Crippen LogP contribution in [0.25, 0.3) is 0 Å². The van der Waals surface area contributed by atoms with Gasteiger partial charge in [-0.25, -0.2) is 17.9 Å². The Bertz CT molecular complexity index is 1950. The highest BCUT2D eigenvalue weighted by molar-refractivity contribution is 7.90. The number of methoxy groups -OCH3 is 3. The normalized spacial score (nSPS) is 11.0. The SMILES string of the molecule is CCOc1cc(Oc2ccc(C(F)(F)F)cc2Cl)ccc1[N+](=O)[O-].COCCOc1ccccc1S(=O)(=O)NC(=O)Nc1nc(OC)nc(OC)n1. The molecule has 0 spiro atoms. The van der Waals surface area contributed by atoms with Crippen molar-refractivity contribution in [2.75, 3.05) is 46.5 Å². The monoisotopic (exact) mass is 774 g/mol. The molecule has 1 aromatic heterocycles. The van der Waals surface area contributed by atoms with Gasteiger partial charge in [0, 0.05) is 19.2 Å². The van der Waals surface area contributed by atoms with Gasteiger partial charge in [-0.15, -0.1) is 4.98 Å². The van der Waals surface area contributed by atoms with Crippen molar-refractivity contribution in [3.63, 3.8) is 0 Å². The number of hydrogen-bond acceptors (Lipinski definition) is 14. The average molecular weight is 775 g/mol. The fourth-order valence-corrected chi connectivity index (χ4v) is 5.05. The molecule has 22 heteroatoms. The molecule has 17 nitrogen and oxygen atoms in total. The first-order valence-corrected chi connectivity index (χ1v) is 16.3. The third kappa shape index (κ3) is 11.7. The number of rotatable bonds is 14. The Morgan fingerprint density at radius 1 is 0.904 bits per heavy atom. The number of carbonyl (C=O) groups is 1. The van der Waals surface area contributed by atoms with Crippen LogP contribution in [0.2, 0.25) is 5.02 Å². The van der Waals surface area contributed by atoms with Crippen LogP contribution in [0.3, 0.4) is 0 Å².